The van der Waals surface area contributed by atoms with E-state index < -0.39 is 5.82 Å². The summed E-state index contributed by atoms with van der Waals surface area (Å²) < 4.78 is 14.8. The summed E-state index contributed by atoms with van der Waals surface area (Å²) >= 11 is 0. The van der Waals surface area contributed by atoms with Crippen LogP contribution >= 0.6 is 0 Å². The highest BCUT2D eigenvalue weighted by molar-refractivity contribution is 6.09. The summed E-state index contributed by atoms with van der Waals surface area (Å²) in [5, 5.41) is 3.68. The Morgan fingerprint density at radius 1 is 1.17 bits per heavy atom. The van der Waals surface area contributed by atoms with Crippen molar-refractivity contribution in [2.75, 3.05) is 0 Å². The van der Waals surface area contributed by atoms with Crippen molar-refractivity contribution in [3.8, 4) is 0 Å². The molecule has 1 N–H and O–H groups in total. The van der Waals surface area contributed by atoms with E-state index in [-0.39, 0.29) is 17.9 Å². The van der Waals surface area contributed by atoms with Gasteiger partial charge in [0.2, 0.25) is 5.91 Å². The molecule has 1 saturated carbocycles. The summed E-state index contributed by atoms with van der Waals surface area (Å²) in [7, 11) is 0. The summed E-state index contributed by atoms with van der Waals surface area (Å²) in [4.78, 5) is 24.4. The van der Waals surface area contributed by atoms with Gasteiger partial charge in [-0.3, -0.25) is 14.2 Å². The molecule has 0 bridgehead atoms. The Kier molecular flexibility index (Phi) is 4.46. The number of aromatic nitrogens is 1. The van der Waals surface area contributed by atoms with Crippen molar-refractivity contribution in [1.82, 2.24) is 9.88 Å². The molecule has 0 radical (unpaired) electrons. The lowest BCUT2D eigenvalue weighted by Gasteiger charge is -2.15. The molecule has 0 spiro atoms. The van der Waals surface area contributed by atoms with Crippen LogP contribution in [0, 0.1) is 5.82 Å². The minimum absolute atomic E-state index is 0.182. The van der Waals surface area contributed by atoms with E-state index in [2.05, 4.69) is 5.32 Å². The lowest BCUT2D eigenvalue weighted by Crippen LogP contribution is -2.34. The molecule has 3 rings (SSSR count). The van der Waals surface area contributed by atoms with Crippen molar-refractivity contribution in [3.05, 3.63) is 35.8 Å². The van der Waals surface area contributed by atoms with E-state index in [0.717, 1.165) is 25.7 Å². The molecule has 0 aliphatic heterocycles. The van der Waals surface area contributed by atoms with E-state index in [0.29, 0.717) is 16.5 Å². The Bertz CT molecular complexity index is 743. The first-order valence-corrected chi connectivity index (χ1v) is 8.18. The zero-order valence-corrected chi connectivity index (χ0v) is 13.3. The maximum Gasteiger partial charge on any atom is 0.253 e. The number of benzene rings is 1. The molecule has 0 unspecified atom stereocenters. The van der Waals surface area contributed by atoms with E-state index >= 15 is 0 Å². The van der Waals surface area contributed by atoms with E-state index in [1.807, 2.05) is 0 Å². The maximum absolute atomic E-state index is 13.5. The van der Waals surface area contributed by atoms with Gasteiger partial charge in [-0.25, -0.2) is 4.39 Å². The number of fused-ring (bicyclic) bond motifs is 1. The normalized spacial score (nSPS) is 16.3. The molecule has 4 nitrogen and oxygen atoms in total. The molecule has 1 aromatic heterocycles. The van der Waals surface area contributed by atoms with Gasteiger partial charge in [-0.15, -0.1) is 0 Å². The van der Waals surface area contributed by atoms with Gasteiger partial charge in [0.1, 0.15) is 5.82 Å². The predicted molar refractivity (Wildman–Crippen MR) is 87.2 cm³/mol. The van der Waals surface area contributed by atoms with Gasteiger partial charge >= 0.3 is 0 Å². The molecule has 1 fully saturated rings. The van der Waals surface area contributed by atoms with E-state index in [4.69, 9.17) is 0 Å². The van der Waals surface area contributed by atoms with Crippen LogP contribution in [-0.4, -0.2) is 22.4 Å². The second-order valence-corrected chi connectivity index (χ2v) is 6.26. The SMILES string of the molecule is CC(=O)n1cc(C(=O)NC2CCCCCC2)c2ccc(F)cc21. The van der Waals surface area contributed by atoms with Crippen LogP contribution < -0.4 is 5.32 Å². The number of hydrogen-bond acceptors (Lipinski definition) is 2. The van der Waals surface area contributed by atoms with Crippen molar-refractivity contribution < 1.29 is 14.0 Å². The van der Waals surface area contributed by atoms with E-state index in [1.165, 1.54) is 42.7 Å². The van der Waals surface area contributed by atoms with Gasteiger partial charge in [0, 0.05) is 24.5 Å². The molecule has 2 aromatic rings. The second kappa shape index (κ2) is 6.52. The minimum Gasteiger partial charge on any atom is -0.349 e. The highest BCUT2D eigenvalue weighted by atomic mass is 19.1. The van der Waals surface area contributed by atoms with E-state index in [9.17, 15) is 14.0 Å². The topological polar surface area (TPSA) is 51.1 Å². The van der Waals surface area contributed by atoms with Crippen LogP contribution in [-0.2, 0) is 0 Å². The van der Waals surface area contributed by atoms with Crippen molar-refractivity contribution in [2.45, 2.75) is 51.5 Å². The van der Waals surface area contributed by atoms with E-state index in [1.54, 1.807) is 6.07 Å². The third-order valence-corrected chi connectivity index (χ3v) is 4.54. The van der Waals surface area contributed by atoms with Crippen LogP contribution in [0.3, 0.4) is 0 Å². The largest absolute Gasteiger partial charge is 0.349 e. The smallest absolute Gasteiger partial charge is 0.253 e. The lowest BCUT2D eigenvalue weighted by molar-refractivity contribution is 0.0935. The fraction of sp³-hybridized carbons (Fsp3) is 0.444. The average molecular weight is 316 g/mol. The number of amides is 1. The number of carbonyl (C=O) groups excluding carboxylic acids is 2. The molecule has 0 atom stereocenters. The molecule has 1 aliphatic rings. The zero-order chi connectivity index (χ0) is 16.4. The number of halogens is 1. The molecule has 23 heavy (non-hydrogen) atoms. The van der Waals surface area contributed by atoms with Crippen LogP contribution in [0.15, 0.2) is 24.4 Å². The van der Waals surface area contributed by atoms with Crippen LogP contribution in [0.25, 0.3) is 10.9 Å². The fourth-order valence-corrected chi connectivity index (χ4v) is 3.33. The molecule has 122 valence electrons. The van der Waals surface area contributed by atoms with Crippen molar-refractivity contribution in [1.29, 1.82) is 0 Å². The molecule has 1 aliphatic carbocycles. The Morgan fingerprint density at radius 3 is 2.52 bits per heavy atom. The molecule has 0 saturated heterocycles. The van der Waals surface area contributed by atoms with Crippen LogP contribution in [0.4, 0.5) is 4.39 Å². The van der Waals surface area contributed by atoms with Gasteiger partial charge in [-0.2, -0.15) is 0 Å². The van der Waals surface area contributed by atoms with Gasteiger partial charge in [0.25, 0.3) is 5.91 Å². The average Bonchev–Trinajstić information content (AvgIpc) is 2.69. The van der Waals surface area contributed by atoms with Gasteiger partial charge in [-0.05, 0) is 31.0 Å². The number of carbonyl (C=O) groups is 2. The van der Waals surface area contributed by atoms with Gasteiger partial charge < -0.3 is 5.32 Å². The fourth-order valence-electron chi connectivity index (χ4n) is 3.33. The first kappa shape index (κ1) is 15.7. The van der Waals surface area contributed by atoms with Gasteiger partial charge in [0.15, 0.2) is 0 Å². The summed E-state index contributed by atoms with van der Waals surface area (Å²) in [5.41, 5.74) is 0.864. The van der Waals surface area contributed by atoms with Crippen molar-refractivity contribution in [3.63, 3.8) is 0 Å². The zero-order valence-electron chi connectivity index (χ0n) is 13.3. The Labute approximate surface area is 134 Å². The Morgan fingerprint density at radius 2 is 1.87 bits per heavy atom. The summed E-state index contributed by atoms with van der Waals surface area (Å²) in [6.45, 7) is 1.40. The van der Waals surface area contributed by atoms with Crippen LogP contribution in [0.2, 0.25) is 0 Å². The number of nitrogens with zero attached hydrogens (tertiary/aromatic N) is 1. The predicted octanol–water partition coefficient (Wildman–Crippen LogP) is 3.89. The number of rotatable bonds is 2. The molecule has 5 heteroatoms. The summed E-state index contributed by atoms with van der Waals surface area (Å²) in [6.07, 6.45) is 8.19. The highest BCUT2D eigenvalue weighted by Gasteiger charge is 2.20. The second-order valence-electron chi connectivity index (χ2n) is 6.26. The van der Waals surface area contributed by atoms with Crippen molar-refractivity contribution in [2.24, 2.45) is 0 Å². The van der Waals surface area contributed by atoms with Crippen LogP contribution in [0.5, 0.6) is 0 Å². The number of hydrogen-bond donors (Lipinski definition) is 1. The Balaban J connectivity index is 1.92. The molecule has 1 heterocycles. The first-order chi connectivity index (χ1) is 11.1. The van der Waals surface area contributed by atoms with Crippen molar-refractivity contribution >= 4 is 22.7 Å². The van der Waals surface area contributed by atoms with Gasteiger partial charge in [0.05, 0.1) is 11.1 Å². The van der Waals surface area contributed by atoms with Crippen LogP contribution in [0.1, 0.15) is 60.6 Å². The lowest BCUT2D eigenvalue weighted by atomic mass is 10.1. The summed E-state index contributed by atoms with van der Waals surface area (Å²) in [6, 6.07) is 4.35. The highest BCUT2D eigenvalue weighted by Crippen LogP contribution is 2.24. The minimum atomic E-state index is -0.422. The molecular formula is C18H21FN2O2. The number of nitrogens with one attached hydrogen (secondary N) is 1. The van der Waals surface area contributed by atoms with Gasteiger partial charge in [-0.1, -0.05) is 25.7 Å². The quantitative estimate of drug-likeness (QED) is 0.855. The molecule has 1 aromatic carbocycles. The maximum atomic E-state index is 13.5. The third-order valence-electron chi connectivity index (χ3n) is 4.54. The molecule has 1 amide bonds. The standard InChI is InChI=1S/C18H21FN2O2/c1-12(22)21-11-16(15-9-8-13(19)10-17(15)21)18(23)20-14-6-4-2-3-5-7-14/h8-11,14H,2-7H2,1H3,(H,20,23). The first-order valence-electron chi connectivity index (χ1n) is 8.18. The molecular weight excluding hydrogens is 295 g/mol. The monoisotopic (exact) mass is 316 g/mol. The third kappa shape index (κ3) is 3.28. The Hall–Kier alpha value is -2.17. The summed E-state index contributed by atoms with van der Waals surface area (Å²) in [5.74, 6) is -0.851.